The molecule has 0 aliphatic heterocycles. The largest absolute Gasteiger partial charge is 0.0859 e. The molecule has 0 saturated heterocycles. The highest BCUT2D eigenvalue weighted by Crippen LogP contribution is 2.42. The quantitative estimate of drug-likeness (QED) is 0.119. The van der Waals surface area contributed by atoms with Crippen LogP contribution in [0, 0.1) is 5.41 Å². The maximum absolute atomic E-state index is 2.46. The van der Waals surface area contributed by atoms with Crippen molar-refractivity contribution in [1.82, 2.24) is 0 Å². The minimum Gasteiger partial charge on any atom is -0.0859 e. The molecule has 0 aromatic heterocycles. The van der Waals surface area contributed by atoms with Gasteiger partial charge >= 0.3 is 0 Å². The summed E-state index contributed by atoms with van der Waals surface area (Å²) < 4.78 is 0. The fourth-order valence-corrected chi connectivity index (χ4v) is 5.79. The van der Waals surface area contributed by atoms with Gasteiger partial charge in [0, 0.05) is 0 Å². The molecule has 42 heavy (non-hydrogen) atoms. The van der Waals surface area contributed by atoms with Gasteiger partial charge in [0.2, 0.25) is 0 Å². The summed E-state index contributed by atoms with van der Waals surface area (Å²) in [6, 6.07) is 0. The summed E-state index contributed by atoms with van der Waals surface area (Å²) in [4.78, 5) is 0. The van der Waals surface area contributed by atoms with E-state index in [4.69, 9.17) is 0 Å². The van der Waals surface area contributed by atoms with Crippen molar-refractivity contribution < 1.29 is 0 Å². The third kappa shape index (κ3) is 21.0. The van der Waals surface area contributed by atoms with E-state index in [2.05, 4.69) is 120 Å². The molecule has 0 aromatic rings. The van der Waals surface area contributed by atoms with Crippen LogP contribution in [0.4, 0.5) is 0 Å². The zero-order valence-electron chi connectivity index (χ0n) is 30.6. The van der Waals surface area contributed by atoms with Gasteiger partial charge in [-0.25, -0.2) is 0 Å². The summed E-state index contributed by atoms with van der Waals surface area (Å²) in [5.74, 6) is 0. The van der Waals surface area contributed by atoms with Crippen LogP contribution < -0.4 is 0 Å². The lowest BCUT2D eigenvalue weighted by Gasteiger charge is -2.35. The fraction of sp³-hybridized carbons (Fsp3) is 0.667. The smallest absolute Gasteiger partial charge is 0.0142 e. The molecule has 0 N–H and O–H groups in total. The average molecular weight is 577 g/mol. The minimum atomic E-state index is 0.434. The van der Waals surface area contributed by atoms with Gasteiger partial charge in [-0.05, 0) is 157 Å². The summed E-state index contributed by atoms with van der Waals surface area (Å²) in [7, 11) is 0. The average Bonchev–Trinajstić information content (AvgIpc) is 2.90. The molecule has 0 heterocycles. The molecule has 1 aliphatic rings. The lowest BCUT2D eigenvalue weighted by atomic mass is 9.71. The van der Waals surface area contributed by atoms with Crippen molar-refractivity contribution in [2.75, 3.05) is 0 Å². The van der Waals surface area contributed by atoms with Crippen LogP contribution in [0.1, 0.15) is 179 Å². The molecule has 0 fully saturated rings. The second-order valence-electron chi connectivity index (χ2n) is 14.0. The maximum atomic E-state index is 2.46. The highest BCUT2D eigenvalue weighted by atomic mass is 14.3. The third-order valence-electron chi connectivity index (χ3n) is 8.87. The van der Waals surface area contributed by atoms with Crippen LogP contribution in [-0.2, 0) is 0 Å². The second-order valence-corrected chi connectivity index (χ2v) is 14.0. The van der Waals surface area contributed by atoms with Gasteiger partial charge in [-0.3, -0.25) is 0 Å². The highest BCUT2D eigenvalue weighted by Gasteiger charge is 2.27. The first-order chi connectivity index (χ1) is 19.8. The lowest BCUT2D eigenvalue weighted by Crippen LogP contribution is -2.20. The zero-order chi connectivity index (χ0) is 32.0. The number of rotatable bonds is 17. The van der Waals surface area contributed by atoms with Crippen LogP contribution in [0.3, 0.4) is 0 Å². The van der Waals surface area contributed by atoms with Crippen molar-refractivity contribution in [3.05, 3.63) is 81.0 Å². The van der Waals surface area contributed by atoms with E-state index in [0.717, 1.165) is 6.42 Å². The van der Waals surface area contributed by atoms with Gasteiger partial charge in [-0.2, -0.15) is 0 Å². The Balaban J connectivity index is 0.000000800. The van der Waals surface area contributed by atoms with E-state index >= 15 is 0 Å². The molecule has 0 heteroatoms. The molecule has 1 rings (SSSR count). The van der Waals surface area contributed by atoms with E-state index in [1.807, 2.05) is 0 Å². The standard InChI is InChI=1S/2C21H36/c1-7-10-17(2)11-8-12-18(3)14-15-20-19(4)13-9-16-21(20,5)6;1-7-19(4)15-11-17-21(6)14-9-8-13-20(5)16-10-12-18(2)3/h10,12H,7-9,11,13-16H2,1-6H3;12-15H,7-11,16-17H2,1-6H3/b17-10+,18-12+;19-15+,20-13+,21-14+. The highest BCUT2D eigenvalue weighted by molar-refractivity contribution is 5.23. The van der Waals surface area contributed by atoms with Crippen LogP contribution in [0.2, 0.25) is 0 Å². The summed E-state index contributed by atoms with van der Waals surface area (Å²) >= 11 is 0. The lowest BCUT2D eigenvalue weighted by molar-refractivity contribution is 0.354. The molecular weight excluding hydrogens is 504 g/mol. The fourth-order valence-electron chi connectivity index (χ4n) is 5.79. The van der Waals surface area contributed by atoms with Crippen LogP contribution in [0.5, 0.6) is 0 Å². The normalized spacial score (nSPS) is 16.8. The Morgan fingerprint density at radius 3 is 1.52 bits per heavy atom. The van der Waals surface area contributed by atoms with Crippen LogP contribution >= 0.6 is 0 Å². The van der Waals surface area contributed by atoms with Gasteiger partial charge in [-0.15, -0.1) is 0 Å². The Kier molecular flexibility index (Phi) is 22.6. The molecule has 0 spiro atoms. The number of hydrogen-bond acceptors (Lipinski definition) is 0. The van der Waals surface area contributed by atoms with Crippen molar-refractivity contribution in [3.63, 3.8) is 0 Å². The van der Waals surface area contributed by atoms with Crippen LogP contribution in [0.15, 0.2) is 81.0 Å². The molecule has 0 nitrogen and oxygen atoms in total. The first kappa shape index (κ1) is 40.2. The molecular formula is C42H72. The first-order valence-corrected chi connectivity index (χ1v) is 17.4. The topological polar surface area (TPSA) is 0 Å². The van der Waals surface area contributed by atoms with Gasteiger partial charge < -0.3 is 0 Å². The summed E-state index contributed by atoms with van der Waals surface area (Å²) in [5.41, 5.74) is 12.9. The molecule has 0 amide bonds. The van der Waals surface area contributed by atoms with E-state index in [1.54, 1.807) is 16.7 Å². The van der Waals surface area contributed by atoms with E-state index in [0.29, 0.717) is 5.41 Å². The first-order valence-electron chi connectivity index (χ1n) is 17.4. The summed E-state index contributed by atoms with van der Waals surface area (Å²) in [6.45, 7) is 27.3. The molecule has 0 aromatic carbocycles. The molecule has 0 radical (unpaired) electrons. The van der Waals surface area contributed by atoms with E-state index in [-0.39, 0.29) is 0 Å². The van der Waals surface area contributed by atoms with Gasteiger partial charge in [-0.1, -0.05) is 109 Å². The van der Waals surface area contributed by atoms with Crippen LogP contribution in [-0.4, -0.2) is 0 Å². The van der Waals surface area contributed by atoms with Crippen molar-refractivity contribution >= 4 is 0 Å². The summed E-state index contributed by atoms with van der Waals surface area (Å²) in [6.07, 6.45) is 32.8. The maximum Gasteiger partial charge on any atom is -0.0142 e. The van der Waals surface area contributed by atoms with E-state index in [9.17, 15) is 0 Å². The molecule has 0 unspecified atom stereocenters. The van der Waals surface area contributed by atoms with E-state index in [1.165, 1.54) is 118 Å². The Morgan fingerprint density at radius 1 is 0.595 bits per heavy atom. The Morgan fingerprint density at radius 2 is 1.05 bits per heavy atom. The van der Waals surface area contributed by atoms with Gasteiger partial charge in [0.05, 0.1) is 0 Å². The predicted molar refractivity (Wildman–Crippen MR) is 195 cm³/mol. The number of allylic oxidation sites excluding steroid dienone is 14. The molecule has 0 saturated carbocycles. The van der Waals surface area contributed by atoms with Gasteiger partial charge in [0.1, 0.15) is 0 Å². The Hall–Kier alpha value is -1.82. The molecule has 0 atom stereocenters. The van der Waals surface area contributed by atoms with E-state index < -0.39 is 0 Å². The zero-order valence-corrected chi connectivity index (χ0v) is 30.6. The van der Waals surface area contributed by atoms with Crippen molar-refractivity contribution in [3.8, 4) is 0 Å². The molecule has 0 bridgehead atoms. The van der Waals surface area contributed by atoms with Crippen molar-refractivity contribution in [2.24, 2.45) is 5.41 Å². The Bertz CT molecular complexity index is 960. The third-order valence-corrected chi connectivity index (χ3v) is 8.87. The molecule has 1 aliphatic carbocycles. The second kappa shape index (κ2) is 23.6. The number of unbranched alkanes of at least 4 members (excludes halogenated alkanes) is 1. The van der Waals surface area contributed by atoms with Crippen molar-refractivity contribution in [1.29, 1.82) is 0 Å². The van der Waals surface area contributed by atoms with Crippen LogP contribution in [0.25, 0.3) is 0 Å². The van der Waals surface area contributed by atoms with Crippen molar-refractivity contribution in [2.45, 2.75) is 179 Å². The molecule has 240 valence electrons. The Labute approximate surface area is 265 Å². The minimum absolute atomic E-state index is 0.434. The predicted octanol–water partition coefficient (Wildman–Crippen LogP) is 14.9. The van der Waals surface area contributed by atoms with Gasteiger partial charge in [0.25, 0.3) is 0 Å². The SMILES string of the molecule is CC/C(C)=C/CC/C(C)=C/CC/C=C(\C)CCC=C(C)C.CC/C=C(\C)CC/C=C(\C)CCC1=C(C)CCCC1(C)C. The van der Waals surface area contributed by atoms with Gasteiger partial charge in [0.15, 0.2) is 0 Å². The number of hydrogen-bond donors (Lipinski definition) is 0. The monoisotopic (exact) mass is 577 g/mol. The summed E-state index contributed by atoms with van der Waals surface area (Å²) in [5, 5.41) is 0.